The highest BCUT2D eigenvalue weighted by Gasteiger charge is 2.61. The maximum atomic E-state index is 12.5. The van der Waals surface area contributed by atoms with E-state index >= 15 is 0 Å². The number of aliphatic imine (C=N–C) groups is 1. The minimum Gasteiger partial charge on any atom is -0.457 e. The van der Waals surface area contributed by atoms with Crippen LogP contribution in [0.4, 0.5) is 0 Å². The van der Waals surface area contributed by atoms with Crippen molar-refractivity contribution in [2.75, 3.05) is 7.05 Å². The van der Waals surface area contributed by atoms with E-state index in [-0.39, 0.29) is 35.4 Å². The Balaban J connectivity index is 0.000000281. The first-order valence-electron chi connectivity index (χ1n) is 12.3. The van der Waals surface area contributed by atoms with Crippen molar-refractivity contribution in [1.29, 1.82) is 5.26 Å². The Morgan fingerprint density at radius 1 is 1.38 bits per heavy atom. The van der Waals surface area contributed by atoms with Crippen LogP contribution >= 0.6 is 11.6 Å². The molecule has 1 saturated carbocycles. The number of aromatic nitrogens is 1. The summed E-state index contributed by atoms with van der Waals surface area (Å²) in [6.45, 7) is 16.3. The molecule has 0 aliphatic heterocycles. The van der Waals surface area contributed by atoms with E-state index in [9.17, 15) is 9.59 Å². The minimum absolute atomic E-state index is 0.0570. The summed E-state index contributed by atoms with van der Waals surface area (Å²) in [6, 6.07) is 3.63. The highest BCUT2D eigenvalue weighted by Crippen LogP contribution is 2.60. The van der Waals surface area contributed by atoms with Crippen molar-refractivity contribution in [3.05, 3.63) is 64.5 Å². The van der Waals surface area contributed by atoms with Crippen LogP contribution in [-0.4, -0.2) is 40.6 Å². The first-order valence-corrected chi connectivity index (χ1v) is 12.6. The third-order valence-corrected chi connectivity index (χ3v) is 7.15. The smallest absolute Gasteiger partial charge is 0.310 e. The first kappa shape index (κ1) is 30.0. The number of Topliss-reactive ketones (excluding diaryl/α,β-unsaturated/α-hetero) is 1. The second-order valence-electron chi connectivity index (χ2n) is 10.4. The van der Waals surface area contributed by atoms with Crippen LogP contribution in [0.3, 0.4) is 0 Å². The zero-order valence-corrected chi connectivity index (χ0v) is 23.6. The second-order valence-corrected chi connectivity index (χ2v) is 10.8. The Kier molecular flexibility index (Phi) is 10.4. The van der Waals surface area contributed by atoms with E-state index in [0.29, 0.717) is 24.0 Å². The normalized spacial score (nSPS) is 21.9. The molecule has 0 spiro atoms. The molecule has 0 radical (unpaired) electrons. The molecule has 0 bridgehead atoms. The van der Waals surface area contributed by atoms with Gasteiger partial charge in [-0.1, -0.05) is 49.2 Å². The molecular weight excluding hydrogens is 488 g/mol. The van der Waals surface area contributed by atoms with Crippen molar-refractivity contribution in [2.24, 2.45) is 22.2 Å². The van der Waals surface area contributed by atoms with Crippen molar-refractivity contribution in [1.82, 2.24) is 9.88 Å². The summed E-state index contributed by atoms with van der Waals surface area (Å²) in [6.07, 6.45) is 7.77. The van der Waals surface area contributed by atoms with Crippen molar-refractivity contribution in [3.8, 4) is 6.19 Å². The second kappa shape index (κ2) is 12.8. The summed E-state index contributed by atoms with van der Waals surface area (Å²) in [5.41, 5.74) is 3.82. The maximum Gasteiger partial charge on any atom is 0.310 e. The van der Waals surface area contributed by atoms with E-state index in [4.69, 9.17) is 21.6 Å². The van der Waals surface area contributed by atoms with Gasteiger partial charge in [0.2, 0.25) is 6.19 Å². The largest absolute Gasteiger partial charge is 0.457 e. The van der Waals surface area contributed by atoms with Gasteiger partial charge in [0, 0.05) is 25.4 Å². The van der Waals surface area contributed by atoms with Crippen LogP contribution < -0.4 is 0 Å². The Hall–Kier alpha value is -3.24. The summed E-state index contributed by atoms with van der Waals surface area (Å²) >= 11 is 5.67. The molecule has 2 aliphatic carbocycles. The quantitative estimate of drug-likeness (QED) is 0.107. The Morgan fingerprint density at radius 2 is 2.05 bits per heavy atom. The lowest BCUT2D eigenvalue weighted by Crippen LogP contribution is -2.23. The fraction of sp³-hybridized carbons (Fsp3) is 0.483. The molecule has 8 heteroatoms. The molecule has 0 saturated heterocycles. The van der Waals surface area contributed by atoms with E-state index < -0.39 is 6.10 Å². The number of carbonyl (C=O) groups excluding carboxylic acids is 2. The molecular formula is C29H37ClN4O3. The average Bonchev–Trinajstić information content (AvgIpc) is 3.25. The number of ether oxygens (including phenoxy) is 1. The minimum atomic E-state index is -0.390. The van der Waals surface area contributed by atoms with Gasteiger partial charge in [-0.2, -0.15) is 10.3 Å². The third kappa shape index (κ3) is 7.87. The summed E-state index contributed by atoms with van der Waals surface area (Å²) in [7, 11) is 1.87. The summed E-state index contributed by atoms with van der Waals surface area (Å²) < 4.78 is 5.66. The molecule has 0 N–H and O–H groups in total. The zero-order valence-electron chi connectivity index (χ0n) is 22.8. The topological polar surface area (TPSA) is 95.7 Å². The van der Waals surface area contributed by atoms with Gasteiger partial charge in [0.1, 0.15) is 17.1 Å². The molecule has 1 aromatic heterocycles. The highest BCUT2D eigenvalue weighted by molar-refractivity contribution is 6.29. The van der Waals surface area contributed by atoms with E-state index in [2.05, 4.69) is 36.5 Å². The third-order valence-electron chi connectivity index (χ3n) is 6.92. The predicted octanol–water partition coefficient (Wildman–Crippen LogP) is 6.07. The van der Waals surface area contributed by atoms with E-state index in [1.165, 1.54) is 5.57 Å². The summed E-state index contributed by atoms with van der Waals surface area (Å²) in [4.78, 5) is 33.9. The number of hydrogen-bond acceptors (Lipinski definition) is 6. The molecule has 7 nitrogen and oxygen atoms in total. The number of pyridine rings is 1. The molecule has 0 amide bonds. The van der Waals surface area contributed by atoms with Crippen molar-refractivity contribution in [3.63, 3.8) is 0 Å². The molecule has 3 atom stereocenters. The lowest BCUT2D eigenvalue weighted by Gasteiger charge is -2.17. The molecule has 2 aliphatic rings. The molecule has 1 fully saturated rings. The fourth-order valence-corrected chi connectivity index (χ4v) is 4.58. The van der Waals surface area contributed by atoms with E-state index in [1.54, 1.807) is 31.5 Å². The Morgan fingerprint density at radius 3 is 2.59 bits per heavy atom. The molecule has 3 rings (SSSR count). The van der Waals surface area contributed by atoms with Crippen molar-refractivity contribution in [2.45, 2.75) is 67.0 Å². The molecule has 0 aromatic carbocycles. The van der Waals surface area contributed by atoms with Gasteiger partial charge in [-0.3, -0.25) is 9.59 Å². The number of halogens is 1. The van der Waals surface area contributed by atoms with Crippen LogP contribution in [0.2, 0.25) is 5.15 Å². The molecule has 3 unspecified atom stereocenters. The van der Waals surface area contributed by atoms with Crippen molar-refractivity contribution < 1.29 is 14.3 Å². The lowest BCUT2D eigenvalue weighted by molar-refractivity contribution is -0.150. The number of amidine groups is 1. The standard InChI is InChI=1S/C19H26O3.C10H11ClN4/c1-7-8-13-12(4)16(10-15(13)20)22-18(21)17-14(9-11(2)3)19(17,5)6;1-8(14-7-12)15(2)6-9-3-4-10(11)13-5-9/h7,9,14,16-17H,1,8,10H2,2-6H3;3-5H,6H2,1-2H3/b;14-8+. The van der Waals surface area contributed by atoms with E-state index in [1.807, 2.05) is 38.8 Å². The van der Waals surface area contributed by atoms with Crippen LogP contribution in [0, 0.1) is 28.7 Å². The van der Waals surface area contributed by atoms with Crippen LogP contribution in [0.25, 0.3) is 0 Å². The van der Waals surface area contributed by atoms with Gasteiger partial charge >= 0.3 is 5.97 Å². The van der Waals surface area contributed by atoms with Crippen LogP contribution in [0.15, 0.2) is 58.8 Å². The van der Waals surface area contributed by atoms with Crippen LogP contribution in [0.1, 0.15) is 59.9 Å². The summed E-state index contributed by atoms with van der Waals surface area (Å²) in [5, 5.41) is 8.87. The van der Waals surface area contributed by atoms with Gasteiger partial charge < -0.3 is 9.64 Å². The van der Waals surface area contributed by atoms with Gasteiger partial charge in [-0.05, 0) is 62.7 Å². The maximum absolute atomic E-state index is 12.5. The molecule has 37 heavy (non-hydrogen) atoms. The van der Waals surface area contributed by atoms with E-state index in [0.717, 1.165) is 16.7 Å². The number of esters is 1. The Bertz CT molecular complexity index is 1150. The van der Waals surface area contributed by atoms with Gasteiger partial charge in [-0.15, -0.1) is 6.58 Å². The fourth-order valence-electron chi connectivity index (χ4n) is 4.47. The SMILES string of the molecule is C/C(=N\C#N)N(C)Cc1ccc(Cl)nc1.C=CCC1=C(C)C(OC(=O)C2C(C=C(C)C)C2(C)C)CC1=O. The number of nitriles is 1. The first-order chi connectivity index (χ1) is 17.3. The van der Waals surface area contributed by atoms with Gasteiger partial charge in [0.15, 0.2) is 5.78 Å². The molecule has 198 valence electrons. The van der Waals surface area contributed by atoms with Crippen molar-refractivity contribution >= 4 is 29.2 Å². The molecule has 1 aromatic rings. The monoisotopic (exact) mass is 524 g/mol. The molecule has 1 heterocycles. The number of carbonyl (C=O) groups is 2. The number of allylic oxidation sites excluding steroid dienone is 4. The highest BCUT2D eigenvalue weighted by atomic mass is 35.5. The number of rotatable bonds is 7. The van der Waals surface area contributed by atoms with Crippen LogP contribution in [0.5, 0.6) is 0 Å². The zero-order chi connectivity index (χ0) is 27.9. The number of nitrogens with zero attached hydrogens (tertiary/aromatic N) is 4. The number of hydrogen-bond donors (Lipinski definition) is 0. The van der Waals surface area contributed by atoms with Gasteiger partial charge in [0.05, 0.1) is 12.3 Å². The summed E-state index contributed by atoms with van der Waals surface area (Å²) in [5.74, 6) is 0.704. The van der Waals surface area contributed by atoms with Crippen LogP contribution in [-0.2, 0) is 20.9 Å². The van der Waals surface area contributed by atoms with Gasteiger partial charge in [0.25, 0.3) is 0 Å². The predicted molar refractivity (Wildman–Crippen MR) is 147 cm³/mol. The number of ketones is 1. The lowest BCUT2D eigenvalue weighted by atomic mass is 10.1. The Labute approximate surface area is 225 Å². The average molecular weight is 525 g/mol. The van der Waals surface area contributed by atoms with Gasteiger partial charge in [-0.25, -0.2) is 4.98 Å².